The van der Waals surface area contributed by atoms with Gasteiger partial charge >= 0.3 is 11.7 Å². The molecule has 0 unspecified atom stereocenters. The van der Waals surface area contributed by atoms with Gasteiger partial charge in [0, 0.05) is 50.8 Å². The van der Waals surface area contributed by atoms with Crippen molar-refractivity contribution in [1.29, 1.82) is 0 Å². The van der Waals surface area contributed by atoms with Crippen LogP contribution in [-0.2, 0) is 20.9 Å². The molecule has 1 heterocycles. The number of nitrogens with one attached hydrogen (secondary N) is 2. The Kier molecular flexibility index (Phi) is 10.4. The van der Waals surface area contributed by atoms with Gasteiger partial charge in [0.1, 0.15) is 6.54 Å². The molecular weight excluding hydrogens is 382 g/mol. The van der Waals surface area contributed by atoms with E-state index in [1.54, 1.807) is 0 Å². The van der Waals surface area contributed by atoms with Gasteiger partial charge in [-0.3, -0.25) is 28.7 Å². The zero-order valence-electron chi connectivity index (χ0n) is 16.6. The number of carbonyl (C=O) groups excluding carboxylic acids is 2. The molecule has 0 spiro atoms. The number of H-pyrrole nitrogens is 1. The summed E-state index contributed by atoms with van der Waals surface area (Å²) in [5.74, 6) is -1.45. The lowest BCUT2D eigenvalue weighted by atomic mass is 10.2. The minimum absolute atomic E-state index is 0.0837. The minimum Gasteiger partial charge on any atom is -0.481 e. The summed E-state index contributed by atoms with van der Waals surface area (Å²) in [6.07, 6.45) is 3.46. The van der Waals surface area contributed by atoms with Crippen LogP contribution in [0, 0.1) is 6.92 Å². The van der Waals surface area contributed by atoms with Crippen LogP contribution in [0.25, 0.3) is 0 Å². The minimum atomic E-state index is -0.835. The molecule has 0 aromatic carbocycles. The molecule has 11 nitrogen and oxygen atoms in total. The molecule has 5 N–H and O–H groups in total. The Morgan fingerprint density at radius 1 is 1.17 bits per heavy atom. The highest BCUT2D eigenvalue weighted by Gasteiger charge is 2.16. The molecule has 2 amide bonds. The number of amides is 2. The predicted molar refractivity (Wildman–Crippen MR) is 105 cm³/mol. The van der Waals surface area contributed by atoms with E-state index in [4.69, 9.17) is 10.8 Å². The second-order valence-electron chi connectivity index (χ2n) is 6.67. The predicted octanol–water partition coefficient (Wildman–Crippen LogP) is -1.22. The lowest BCUT2D eigenvalue weighted by Crippen LogP contribution is -2.42. The average Bonchev–Trinajstić information content (AvgIpc) is 2.65. The zero-order valence-corrected chi connectivity index (χ0v) is 16.6. The van der Waals surface area contributed by atoms with Crippen molar-refractivity contribution in [3.05, 3.63) is 32.6 Å². The van der Waals surface area contributed by atoms with Gasteiger partial charge in [-0.15, -0.1) is 0 Å². The number of nitrogens with zero attached hydrogens (tertiary/aromatic N) is 2. The van der Waals surface area contributed by atoms with Crippen molar-refractivity contribution in [3.63, 3.8) is 0 Å². The van der Waals surface area contributed by atoms with Crippen LogP contribution < -0.4 is 22.3 Å². The van der Waals surface area contributed by atoms with Gasteiger partial charge in [-0.25, -0.2) is 4.79 Å². The van der Waals surface area contributed by atoms with Crippen LogP contribution in [0.4, 0.5) is 0 Å². The normalized spacial score (nSPS) is 10.6. The van der Waals surface area contributed by atoms with Crippen LogP contribution in [-0.4, -0.2) is 63.5 Å². The fraction of sp³-hybridized carbons (Fsp3) is 0.611. The maximum absolute atomic E-state index is 12.5. The summed E-state index contributed by atoms with van der Waals surface area (Å²) in [6, 6.07) is 0. The Morgan fingerprint density at radius 2 is 1.90 bits per heavy atom. The van der Waals surface area contributed by atoms with Gasteiger partial charge in [0.05, 0.1) is 0 Å². The van der Waals surface area contributed by atoms with E-state index in [0.717, 1.165) is 4.57 Å². The average molecular weight is 411 g/mol. The third kappa shape index (κ3) is 9.19. The van der Waals surface area contributed by atoms with Gasteiger partial charge in [-0.2, -0.15) is 0 Å². The first-order valence-electron chi connectivity index (χ1n) is 9.51. The number of nitrogens with two attached hydrogens (primary N) is 1. The Labute approximate surface area is 167 Å². The smallest absolute Gasteiger partial charge is 0.328 e. The standard InChI is InChI=1S/C18H29N5O6/c1-13-11-23(18(29)21-17(13)28)12-15(25)22(10-7-19)9-6-14(24)20-8-4-2-3-5-16(26)27/h11H,2-10,12,19H2,1H3,(H,20,24)(H,26,27)(H,21,28,29). The highest BCUT2D eigenvalue weighted by atomic mass is 16.4. The molecule has 1 aromatic heterocycles. The molecule has 0 saturated heterocycles. The molecule has 0 fully saturated rings. The Morgan fingerprint density at radius 3 is 2.55 bits per heavy atom. The molecule has 0 atom stereocenters. The summed E-state index contributed by atoms with van der Waals surface area (Å²) < 4.78 is 1.11. The number of aromatic nitrogens is 2. The van der Waals surface area contributed by atoms with E-state index < -0.39 is 17.2 Å². The Hall–Kier alpha value is -2.95. The van der Waals surface area contributed by atoms with Crippen molar-refractivity contribution in [3.8, 4) is 0 Å². The first-order valence-corrected chi connectivity index (χ1v) is 9.51. The summed E-state index contributed by atoms with van der Waals surface area (Å²) >= 11 is 0. The molecule has 0 radical (unpaired) electrons. The highest BCUT2D eigenvalue weighted by molar-refractivity contribution is 5.79. The summed E-state index contributed by atoms with van der Waals surface area (Å²) in [5, 5.41) is 11.3. The van der Waals surface area contributed by atoms with Crippen LogP contribution in [0.15, 0.2) is 15.8 Å². The number of carboxylic acid groups (broad SMARTS) is 1. The maximum atomic E-state index is 12.5. The number of rotatable bonds is 13. The SMILES string of the molecule is Cc1cn(CC(=O)N(CCN)CCC(=O)NCCCCCC(=O)O)c(=O)[nH]c1=O. The third-order valence-corrected chi connectivity index (χ3v) is 4.24. The van der Waals surface area contributed by atoms with Crippen molar-refractivity contribution in [2.45, 2.75) is 45.6 Å². The Bertz CT molecular complexity index is 816. The first kappa shape index (κ1) is 24.1. The van der Waals surface area contributed by atoms with Gasteiger partial charge < -0.3 is 21.1 Å². The van der Waals surface area contributed by atoms with Crippen molar-refractivity contribution in [1.82, 2.24) is 19.8 Å². The quantitative estimate of drug-likeness (QED) is 0.295. The second kappa shape index (κ2) is 12.5. The van der Waals surface area contributed by atoms with E-state index in [1.165, 1.54) is 18.0 Å². The van der Waals surface area contributed by atoms with Gasteiger partial charge in [-0.1, -0.05) is 6.42 Å². The lowest BCUT2D eigenvalue weighted by Gasteiger charge is -2.22. The van der Waals surface area contributed by atoms with Gasteiger partial charge in [-0.05, 0) is 19.8 Å². The number of hydrogen-bond acceptors (Lipinski definition) is 6. The summed E-state index contributed by atoms with van der Waals surface area (Å²) in [7, 11) is 0. The molecule has 0 saturated carbocycles. The first-order chi connectivity index (χ1) is 13.7. The van der Waals surface area contributed by atoms with Crippen LogP contribution in [0.2, 0.25) is 0 Å². The molecule has 0 aliphatic heterocycles. The van der Waals surface area contributed by atoms with Gasteiger partial charge in [0.2, 0.25) is 11.8 Å². The molecule has 1 aromatic rings. The molecule has 1 rings (SSSR count). The van der Waals surface area contributed by atoms with Crippen LogP contribution in [0.3, 0.4) is 0 Å². The van der Waals surface area contributed by atoms with E-state index >= 15 is 0 Å². The monoisotopic (exact) mass is 411 g/mol. The number of unbranched alkanes of at least 4 members (excludes halogenated alkanes) is 2. The van der Waals surface area contributed by atoms with E-state index in [1.807, 2.05) is 0 Å². The van der Waals surface area contributed by atoms with Crippen LogP contribution in [0.5, 0.6) is 0 Å². The fourth-order valence-corrected chi connectivity index (χ4v) is 2.63. The fourth-order valence-electron chi connectivity index (χ4n) is 2.63. The van der Waals surface area contributed by atoms with Gasteiger partial charge in [0.15, 0.2) is 0 Å². The third-order valence-electron chi connectivity index (χ3n) is 4.24. The number of hydrogen-bond donors (Lipinski definition) is 4. The number of carbonyl (C=O) groups is 3. The maximum Gasteiger partial charge on any atom is 0.328 e. The summed E-state index contributed by atoms with van der Waals surface area (Å²) in [6.45, 7) is 2.30. The number of aliphatic carboxylic acids is 1. The summed E-state index contributed by atoms with van der Waals surface area (Å²) in [4.78, 5) is 61.6. The molecule has 29 heavy (non-hydrogen) atoms. The van der Waals surface area contributed by atoms with E-state index in [9.17, 15) is 24.0 Å². The van der Waals surface area contributed by atoms with Gasteiger partial charge in [0.25, 0.3) is 5.56 Å². The molecule has 162 valence electrons. The molecule has 11 heteroatoms. The second-order valence-corrected chi connectivity index (χ2v) is 6.67. The Balaban J connectivity index is 2.47. The van der Waals surface area contributed by atoms with Crippen LogP contribution >= 0.6 is 0 Å². The van der Waals surface area contributed by atoms with Crippen molar-refractivity contribution < 1.29 is 19.5 Å². The van der Waals surface area contributed by atoms with E-state index in [2.05, 4.69) is 10.3 Å². The van der Waals surface area contributed by atoms with E-state index in [0.29, 0.717) is 31.4 Å². The lowest BCUT2D eigenvalue weighted by molar-refractivity contribution is -0.137. The highest BCUT2D eigenvalue weighted by Crippen LogP contribution is 1.99. The molecule has 0 aliphatic carbocycles. The van der Waals surface area contributed by atoms with E-state index in [-0.39, 0.29) is 50.8 Å². The van der Waals surface area contributed by atoms with Crippen molar-refractivity contribution >= 4 is 17.8 Å². The van der Waals surface area contributed by atoms with Crippen LogP contribution in [0.1, 0.15) is 37.7 Å². The summed E-state index contributed by atoms with van der Waals surface area (Å²) in [5.41, 5.74) is 4.67. The topological polar surface area (TPSA) is 168 Å². The largest absolute Gasteiger partial charge is 0.481 e. The molecular formula is C18H29N5O6. The molecule has 0 bridgehead atoms. The van der Waals surface area contributed by atoms with Crippen molar-refractivity contribution in [2.24, 2.45) is 5.73 Å². The molecule has 0 aliphatic rings. The number of carboxylic acids is 1. The number of aromatic amines is 1. The van der Waals surface area contributed by atoms with Crippen molar-refractivity contribution in [2.75, 3.05) is 26.2 Å². The number of aryl methyl sites for hydroxylation is 1. The zero-order chi connectivity index (χ0) is 21.8.